The van der Waals surface area contributed by atoms with Crippen LogP contribution >= 0.6 is 0 Å². The summed E-state index contributed by atoms with van der Waals surface area (Å²) in [4.78, 5) is 12.9. The summed E-state index contributed by atoms with van der Waals surface area (Å²) in [6.45, 7) is 21.3. The third kappa shape index (κ3) is 13.4. The molecule has 36 heavy (non-hydrogen) atoms. The Bertz CT molecular complexity index is 672. The number of esters is 1. The van der Waals surface area contributed by atoms with Gasteiger partial charge in [0.25, 0.3) is 0 Å². The van der Waals surface area contributed by atoms with Crippen molar-refractivity contribution in [2.24, 2.45) is 5.92 Å². The summed E-state index contributed by atoms with van der Waals surface area (Å²) >= 11 is 0. The summed E-state index contributed by atoms with van der Waals surface area (Å²) < 4.78 is 37.0. The minimum Gasteiger partial charge on any atom is -0.465 e. The lowest BCUT2D eigenvalue weighted by Gasteiger charge is -2.43. The first-order chi connectivity index (χ1) is 16.5. The van der Waals surface area contributed by atoms with Crippen LogP contribution in [0.25, 0.3) is 0 Å². The van der Waals surface area contributed by atoms with E-state index in [0.29, 0.717) is 6.61 Å². The van der Waals surface area contributed by atoms with E-state index in [0.717, 1.165) is 56.5 Å². The van der Waals surface area contributed by atoms with Crippen LogP contribution in [0.2, 0.25) is 82.6 Å². The van der Waals surface area contributed by atoms with Gasteiger partial charge in [-0.3, -0.25) is 4.79 Å². The van der Waals surface area contributed by atoms with Crippen molar-refractivity contribution in [3.8, 4) is 0 Å². The highest BCUT2D eigenvalue weighted by molar-refractivity contribution is 6.87. The number of carbonyl (C=O) groups excluding carboxylic acids is 1. The molecule has 0 radical (unpaired) electrons. The number of hydrogen-bond donors (Lipinski definition) is 0. The fourth-order valence-electron chi connectivity index (χ4n) is 4.97. The summed E-state index contributed by atoms with van der Waals surface area (Å²) in [7, 11) is -6.81. The second kappa shape index (κ2) is 14.7. The molecule has 0 aromatic heterocycles. The molecule has 12 heteroatoms. The Hall–Kier alpha value is 0.354. The molecular formula is C24H56O7Si5. The molecule has 0 amide bonds. The van der Waals surface area contributed by atoms with E-state index in [1.165, 1.54) is 6.04 Å². The monoisotopic (exact) mass is 596 g/mol. The number of ether oxygens (including phenoxy) is 1. The zero-order valence-corrected chi connectivity index (χ0v) is 30.2. The molecule has 0 aromatic rings. The Morgan fingerprint density at radius 1 is 0.944 bits per heavy atom. The largest absolute Gasteiger partial charge is 0.465 e. The predicted molar refractivity (Wildman–Crippen MR) is 160 cm³/mol. The summed E-state index contributed by atoms with van der Waals surface area (Å²) in [6, 6.07) is 4.89. The van der Waals surface area contributed by atoms with Crippen LogP contribution in [0.5, 0.6) is 0 Å². The average Bonchev–Trinajstić information content (AvgIpc) is 2.73. The maximum Gasteiger partial charge on any atom is 0.334 e. The van der Waals surface area contributed by atoms with Crippen LogP contribution in [-0.4, -0.2) is 75.5 Å². The Morgan fingerprint density at radius 2 is 1.58 bits per heavy atom. The molecule has 0 aliphatic carbocycles. The fraction of sp³-hybridized carbons (Fsp3) is 0.958. The van der Waals surface area contributed by atoms with Gasteiger partial charge in [0.15, 0.2) is 8.32 Å². The number of hydrogen-bond acceptors (Lipinski definition) is 7. The topological polar surface area (TPSA) is 72.5 Å². The van der Waals surface area contributed by atoms with Gasteiger partial charge in [0.2, 0.25) is 0 Å². The quantitative estimate of drug-likeness (QED) is 0.131. The highest BCUT2D eigenvalue weighted by Crippen LogP contribution is 2.35. The molecule has 1 rings (SSSR count). The van der Waals surface area contributed by atoms with Crippen molar-refractivity contribution in [1.29, 1.82) is 0 Å². The van der Waals surface area contributed by atoms with Gasteiger partial charge in [0, 0.05) is 28.9 Å². The van der Waals surface area contributed by atoms with Crippen LogP contribution in [-0.2, 0) is 31.0 Å². The molecule has 0 spiro atoms. The Balaban J connectivity index is 2.87. The van der Waals surface area contributed by atoms with E-state index < -0.39 is 42.1 Å². The van der Waals surface area contributed by atoms with Gasteiger partial charge >= 0.3 is 31.7 Å². The third-order valence-electron chi connectivity index (χ3n) is 7.05. The van der Waals surface area contributed by atoms with Gasteiger partial charge in [-0.1, -0.05) is 45.5 Å². The van der Waals surface area contributed by atoms with Gasteiger partial charge in [0.05, 0.1) is 12.5 Å². The maximum absolute atomic E-state index is 12.9. The summed E-state index contributed by atoms with van der Waals surface area (Å²) in [5.41, 5.74) is 0. The van der Waals surface area contributed by atoms with Crippen LogP contribution < -0.4 is 0 Å². The first kappa shape index (κ1) is 34.4. The van der Waals surface area contributed by atoms with Crippen molar-refractivity contribution in [1.82, 2.24) is 0 Å². The second-order valence-electron chi connectivity index (χ2n) is 12.8. The van der Waals surface area contributed by atoms with Gasteiger partial charge < -0.3 is 26.2 Å². The van der Waals surface area contributed by atoms with Crippen molar-refractivity contribution < 1.29 is 31.0 Å². The second-order valence-corrected chi connectivity index (χ2v) is 33.3. The van der Waals surface area contributed by atoms with Gasteiger partial charge in [-0.25, -0.2) is 0 Å². The minimum absolute atomic E-state index is 0.122. The van der Waals surface area contributed by atoms with Crippen molar-refractivity contribution in [3.63, 3.8) is 0 Å². The number of rotatable bonds is 13. The van der Waals surface area contributed by atoms with Crippen LogP contribution in [0.15, 0.2) is 0 Å². The first-order valence-corrected chi connectivity index (χ1v) is 28.2. The van der Waals surface area contributed by atoms with Gasteiger partial charge in [-0.05, 0) is 69.8 Å². The molecule has 1 fully saturated rings. The van der Waals surface area contributed by atoms with Gasteiger partial charge in [-0.2, -0.15) is 0 Å². The lowest BCUT2D eigenvalue weighted by molar-refractivity contribution is -0.147. The lowest BCUT2D eigenvalue weighted by atomic mass is 10.2. The van der Waals surface area contributed by atoms with Crippen LogP contribution in [0, 0.1) is 5.92 Å². The fourth-order valence-corrected chi connectivity index (χ4v) is 22.7. The molecule has 1 saturated heterocycles. The predicted octanol–water partition coefficient (Wildman–Crippen LogP) is 6.84. The summed E-state index contributed by atoms with van der Waals surface area (Å²) in [5.74, 6) is -0.302. The van der Waals surface area contributed by atoms with Crippen molar-refractivity contribution in [2.45, 2.75) is 115 Å². The van der Waals surface area contributed by atoms with Crippen LogP contribution in [0.3, 0.4) is 0 Å². The van der Waals surface area contributed by atoms with E-state index in [9.17, 15) is 4.79 Å². The van der Waals surface area contributed by atoms with E-state index in [4.69, 9.17) is 26.2 Å². The normalized spacial score (nSPS) is 26.9. The average molecular weight is 597 g/mol. The highest BCUT2D eigenvalue weighted by Gasteiger charge is 2.47. The Morgan fingerprint density at radius 3 is 2.17 bits per heavy atom. The van der Waals surface area contributed by atoms with E-state index in [2.05, 4.69) is 45.8 Å². The molecule has 3 unspecified atom stereocenters. The molecule has 0 bridgehead atoms. The smallest absolute Gasteiger partial charge is 0.334 e. The van der Waals surface area contributed by atoms with Gasteiger partial charge in [-0.15, -0.1) is 0 Å². The SMILES string of the molecule is CO[Si](C)(CCCOC(=O)C(C)C[Si]1(C)CCCCO[Si](C)(C)O[Si](C)(CCC[Si](C)(C)C)O1)OC. The molecule has 0 N–H and O–H groups in total. The molecule has 0 aromatic carbocycles. The summed E-state index contributed by atoms with van der Waals surface area (Å²) in [6.07, 6.45) is 3.99. The zero-order valence-electron chi connectivity index (χ0n) is 25.2. The van der Waals surface area contributed by atoms with E-state index in [1.807, 2.05) is 13.5 Å². The Labute approximate surface area is 227 Å². The third-order valence-corrected chi connectivity index (χ3v) is 24.3. The standard InChI is InChI=1S/C24H56O7Si5/c1-23(24(25)28-16-14-20-35(10,26-2)27-3)22-34(9)19-13-12-17-29-33(7,8)30-36(11,31-34)21-15-18-32(4,5)6/h23H,12-22H2,1-11H3. The van der Waals surface area contributed by atoms with Crippen molar-refractivity contribution in [3.05, 3.63) is 0 Å². The molecule has 1 aliphatic heterocycles. The molecule has 1 heterocycles. The molecule has 7 nitrogen and oxygen atoms in total. The lowest BCUT2D eigenvalue weighted by Crippen LogP contribution is -2.57. The van der Waals surface area contributed by atoms with E-state index in [-0.39, 0.29) is 11.9 Å². The zero-order chi connectivity index (χ0) is 27.7. The maximum atomic E-state index is 12.9. The van der Waals surface area contributed by atoms with Crippen LogP contribution in [0.4, 0.5) is 0 Å². The molecule has 214 valence electrons. The molecular weight excluding hydrogens is 541 g/mol. The number of carbonyl (C=O) groups is 1. The Kier molecular flexibility index (Phi) is 14.0. The van der Waals surface area contributed by atoms with Crippen molar-refractivity contribution in [2.75, 3.05) is 27.4 Å². The molecule has 3 atom stereocenters. The minimum atomic E-state index is -2.46. The molecule has 0 saturated carbocycles. The summed E-state index contributed by atoms with van der Waals surface area (Å²) in [5, 5.41) is 0. The van der Waals surface area contributed by atoms with E-state index >= 15 is 0 Å². The van der Waals surface area contributed by atoms with Crippen molar-refractivity contribution >= 4 is 48.0 Å². The first-order valence-electron chi connectivity index (χ1n) is 13.8. The van der Waals surface area contributed by atoms with Crippen LogP contribution in [0.1, 0.15) is 32.6 Å². The van der Waals surface area contributed by atoms with Gasteiger partial charge in [0.1, 0.15) is 0 Å². The van der Waals surface area contributed by atoms with E-state index in [1.54, 1.807) is 14.2 Å². The highest BCUT2D eigenvalue weighted by atomic mass is 28.5. The molecule has 1 aliphatic rings.